The molecule has 0 amide bonds. The van der Waals surface area contributed by atoms with E-state index in [-0.39, 0.29) is 12.5 Å². The first-order valence-electron chi connectivity index (χ1n) is 10.3. The molecule has 2 aliphatic rings. The van der Waals surface area contributed by atoms with E-state index >= 15 is 0 Å². The van der Waals surface area contributed by atoms with Crippen LogP contribution in [0.15, 0.2) is 41.8 Å². The van der Waals surface area contributed by atoms with Crippen LogP contribution >= 0.6 is 0 Å². The number of hydrogen-bond acceptors (Lipinski definition) is 6. The third-order valence-electron chi connectivity index (χ3n) is 5.61. The maximum absolute atomic E-state index is 13.0. The van der Waals surface area contributed by atoms with Crippen LogP contribution in [0.25, 0.3) is 16.6 Å². The summed E-state index contributed by atoms with van der Waals surface area (Å²) < 4.78 is 44.9. The summed E-state index contributed by atoms with van der Waals surface area (Å²) in [5.74, 6) is 0.430. The number of halogens is 3. The number of allylic oxidation sites excluding steroid dienone is 1. The van der Waals surface area contributed by atoms with Crippen LogP contribution in [0.5, 0.6) is 0 Å². The highest BCUT2D eigenvalue weighted by Crippen LogP contribution is 2.40. The summed E-state index contributed by atoms with van der Waals surface area (Å²) in [6, 6.07) is 7.51. The van der Waals surface area contributed by atoms with Crippen LogP contribution in [0.2, 0.25) is 0 Å². The number of ether oxygens (including phenoxy) is 1. The topological polar surface area (TPSA) is 64.0 Å². The SMILES string of the molecule is Cc1cc(C2CN(c3nc(C4=C=C(C(F)(F)F)C4)c4ccc(C)nc4n3)CCO2)ccn1. The largest absolute Gasteiger partial charge is 0.420 e. The summed E-state index contributed by atoms with van der Waals surface area (Å²) in [7, 11) is 0. The van der Waals surface area contributed by atoms with Gasteiger partial charge in [-0.05, 0) is 43.7 Å². The van der Waals surface area contributed by atoms with Gasteiger partial charge >= 0.3 is 6.18 Å². The molecule has 0 radical (unpaired) electrons. The molecule has 0 spiro atoms. The van der Waals surface area contributed by atoms with E-state index in [1.807, 2.05) is 30.9 Å². The fourth-order valence-electron chi connectivity index (χ4n) is 3.92. The molecule has 1 saturated heterocycles. The Bertz CT molecular complexity index is 1280. The Hall–Kier alpha value is -3.29. The monoisotopic (exact) mass is 439 g/mol. The fourth-order valence-corrected chi connectivity index (χ4v) is 3.92. The number of pyridine rings is 2. The second kappa shape index (κ2) is 7.69. The highest BCUT2D eigenvalue weighted by atomic mass is 19.4. The maximum Gasteiger partial charge on any atom is 0.420 e. The zero-order valence-electron chi connectivity index (χ0n) is 17.6. The molecular weight excluding hydrogens is 419 g/mol. The number of rotatable bonds is 3. The van der Waals surface area contributed by atoms with Crippen molar-refractivity contribution in [1.29, 1.82) is 0 Å². The van der Waals surface area contributed by atoms with Crippen LogP contribution < -0.4 is 4.90 Å². The molecule has 1 fully saturated rings. The summed E-state index contributed by atoms with van der Waals surface area (Å²) in [6.45, 7) is 5.33. The van der Waals surface area contributed by atoms with Gasteiger partial charge in [-0.15, -0.1) is 5.73 Å². The Labute approximate surface area is 182 Å². The lowest BCUT2D eigenvalue weighted by molar-refractivity contribution is -0.0934. The molecule has 0 N–H and O–H groups in total. The van der Waals surface area contributed by atoms with Crippen molar-refractivity contribution in [3.8, 4) is 0 Å². The van der Waals surface area contributed by atoms with Gasteiger partial charge < -0.3 is 9.64 Å². The van der Waals surface area contributed by atoms with Crippen LogP contribution in [-0.4, -0.2) is 45.8 Å². The lowest BCUT2D eigenvalue weighted by Gasteiger charge is -2.33. The zero-order valence-corrected chi connectivity index (χ0v) is 17.6. The highest BCUT2D eigenvalue weighted by Gasteiger charge is 2.38. The highest BCUT2D eigenvalue weighted by molar-refractivity contribution is 5.90. The second-order valence-corrected chi connectivity index (χ2v) is 7.99. The van der Waals surface area contributed by atoms with Crippen molar-refractivity contribution >= 4 is 22.6 Å². The molecule has 6 nitrogen and oxygen atoms in total. The normalized spacial score (nSPS) is 18.9. The third kappa shape index (κ3) is 3.85. The molecule has 1 aliphatic carbocycles. The first-order valence-corrected chi connectivity index (χ1v) is 10.3. The molecule has 0 bridgehead atoms. The number of nitrogens with zero attached hydrogens (tertiary/aromatic N) is 5. The van der Waals surface area contributed by atoms with E-state index in [0.29, 0.717) is 47.9 Å². The van der Waals surface area contributed by atoms with Crippen LogP contribution in [0, 0.1) is 13.8 Å². The fraction of sp³-hybridized carbons (Fsp3) is 0.348. The lowest BCUT2D eigenvalue weighted by Crippen LogP contribution is -2.39. The van der Waals surface area contributed by atoms with Gasteiger partial charge in [-0.3, -0.25) is 4.98 Å². The molecule has 3 aromatic heterocycles. The van der Waals surface area contributed by atoms with Gasteiger partial charge in [0.05, 0.1) is 24.4 Å². The minimum atomic E-state index is -4.37. The molecule has 5 rings (SSSR count). The Morgan fingerprint density at radius 3 is 2.66 bits per heavy atom. The first-order chi connectivity index (χ1) is 15.3. The number of morpholine rings is 1. The van der Waals surface area contributed by atoms with E-state index in [2.05, 4.69) is 25.7 Å². The molecule has 0 saturated carbocycles. The summed E-state index contributed by atoms with van der Waals surface area (Å²) in [4.78, 5) is 20.0. The van der Waals surface area contributed by atoms with E-state index in [4.69, 9.17) is 4.74 Å². The number of hydrogen-bond donors (Lipinski definition) is 0. The summed E-state index contributed by atoms with van der Waals surface area (Å²) in [5.41, 5.74) is 5.81. The van der Waals surface area contributed by atoms with Gasteiger partial charge in [-0.1, -0.05) is 0 Å². The Balaban J connectivity index is 1.55. The van der Waals surface area contributed by atoms with Crippen LogP contribution in [-0.2, 0) is 4.74 Å². The number of alkyl halides is 3. The van der Waals surface area contributed by atoms with Crippen molar-refractivity contribution < 1.29 is 17.9 Å². The average molecular weight is 439 g/mol. The van der Waals surface area contributed by atoms with Gasteiger partial charge in [0, 0.05) is 41.5 Å². The molecule has 4 heterocycles. The predicted molar refractivity (Wildman–Crippen MR) is 113 cm³/mol. The zero-order chi connectivity index (χ0) is 22.5. The Morgan fingerprint density at radius 1 is 1.09 bits per heavy atom. The smallest absolute Gasteiger partial charge is 0.370 e. The van der Waals surface area contributed by atoms with Gasteiger partial charge in [0.25, 0.3) is 0 Å². The first kappa shape index (κ1) is 20.6. The molecule has 1 atom stereocenters. The average Bonchev–Trinajstić information content (AvgIpc) is 2.71. The predicted octanol–water partition coefficient (Wildman–Crippen LogP) is 4.49. The molecule has 1 unspecified atom stereocenters. The lowest BCUT2D eigenvalue weighted by atomic mass is 9.92. The standard InChI is InChI=1S/C23H20F3N5O/c1-13-3-4-18-20(16-10-17(11-16)23(24,25)26)29-22(30-21(18)28-13)31-7-8-32-19(12-31)15-5-6-27-14(2)9-15/h3-6,9,19H,7-8,10,12H2,1-2H3. The minimum Gasteiger partial charge on any atom is -0.370 e. The number of aryl methyl sites for hydroxylation is 2. The quantitative estimate of drug-likeness (QED) is 0.561. The molecule has 3 aromatic rings. The van der Waals surface area contributed by atoms with Crippen molar-refractivity contribution in [3.05, 3.63) is 64.4 Å². The van der Waals surface area contributed by atoms with E-state index in [0.717, 1.165) is 17.0 Å². The van der Waals surface area contributed by atoms with E-state index in [9.17, 15) is 13.2 Å². The molecule has 1 aliphatic heterocycles. The van der Waals surface area contributed by atoms with E-state index < -0.39 is 11.7 Å². The summed E-state index contributed by atoms with van der Waals surface area (Å²) in [6.07, 6.45) is -3.02. The van der Waals surface area contributed by atoms with Crippen molar-refractivity contribution in [1.82, 2.24) is 19.9 Å². The van der Waals surface area contributed by atoms with Crippen LogP contribution in [0.4, 0.5) is 19.1 Å². The van der Waals surface area contributed by atoms with Gasteiger partial charge in [0.2, 0.25) is 5.95 Å². The summed E-state index contributed by atoms with van der Waals surface area (Å²) >= 11 is 0. The van der Waals surface area contributed by atoms with Gasteiger partial charge in [-0.25, -0.2) is 9.97 Å². The van der Waals surface area contributed by atoms with Gasteiger partial charge in [0.15, 0.2) is 5.65 Å². The summed E-state index contributed by atoms with van der Waals surface area (Å²) in [5, 5.41) is 0.623. The third-order valence-corrected chi connectivity index (χ3v) is 5.61. The van der Waals surface area contributed by atoms with Crippen molar-refractivity contribution in [2.75, 3.05) is 24.6 Å². The number of aromatic nitrogens is 4. The van der Waals surface area contributed by atoms with E-state index in [1.165, 1.54) is 0 Å². The number of fused-ring (bicyclic) bond motifs is 1. The van der Waals surface area contributed by atoms with Crippen molar-refractivity contribution in [3.63, 3.8) is 0 Å². The maximum atomic E-state index is 13.0. The second-order valence-electron chi connectivity index (χ2n) is 7.99. The van der Waals surface area contributed by atoms with Crippen LogP contribution in [0.1, 0.15) is 35.2 Å². The van der Waals surface area contributed by atoms with Crippen LogP contribution in [0.3, 0.4) is 0 Å². The number of anilines is 1. The minimum absolute atomic E-state index is 0.182. The molecule has 9 heteroatoms. The van der Waals surface area contributed by atoms with Crippen molar-refractivity contribution in [2.24, 2.45) is 0 Å². The molecule has 0 aromatic carbocycles. The van der Waals surface area contributed by atoms with Gasteiger partial charge in [-0.2, -0.15) is 18.2 Å². The molecule has 164 valence electrons. The van der Waals surface area contributed by atoms with Crippen molar-refractivity contribution in [2.45, 2.75) is 32.5 Å². The molecule has 32 heavy (non-hydrogen) atoms. The Kier molecular flexibility index (Phi) is 4.95. The van der Waals surface area contributed by atoms with E-state index in [1.54, 1.807) is 18.3 Å². The molecular formula is C23H20F3N5O. The Morgan fingerprint density at radius 2 is 1.91 bits per heavy atom. The van der Waals surface area contributed by atoms with Gasteiger partial charge in [0.1, 0.15) is 6.10 Å².